The molecule has 5 nitrogen and oxygen atoms in total. The first-order valence-corrected chi connectivity index (χ1v) is 7.32. The Labute approximate surface area is 134 Å². The summed E-state index contributed by atoms with van der Waals surface area (Å²) < 4.78 is 5.23. The van der Waals surface area contributed by atoms with E-state index >= 15 is 0 Å². The number of nitrogens with one attached hydrogen (secondary N) is 1. The molecule has 0 aliphatic carbocycles. The standard InChI is InChI=1S/C18H17N3O2/c1-11-6-4-7-12(2)16(11)20-18(22)15-13(3)23-21-17(15)14-8-5-9-19-10-14/h4-10H,1-3H3,(H,20,22). The molecule has 0 saturated heterocycles. The molecule has 2 aromatic heterocycles. The van der Waals surface area contributed by atoms with Crippen LogP contribution in [0.15, 0.2) is 47.2 Å². The van der Waals surface area contributed by atoms with E-state index < -0.39 is 0 Å². The third kappa shape index (κ3) is 2.85. The summed E-state index contributed by atoms with van der Waals surface area (Å²) in [4.78, 5) is 16.8. The Kier molecular flexibility index (Phi) is 3.93. The van der Waals surface area contributed by atoms with Crippen molar-refractivity contribution in [1.82, 2.24) is 10.1 Å². The lowest BCUT2D eigenvalue weighted by Crippen LogP contribution is -2.15. The fourth-order valence-electron chi connectivity index (χ4n) is 2.53. The average molecular weight is 307 g/mol. The van der Waals surface area contributed by atoms with Gasteiger partial charge in [0.05, 0.1) is 0 Å². The highest BCUT2D eigenvalue weighted by Gasteiger charge is 2.22. The molecule has 0 aliphatic heterocycles. The number of hydrogen-bond acceptors (Lipinski definition) is 4. The first-order chi connectivity index (χ1) is 11.1. The molecular formula is C18H17N3O2. The summed E-state index contributed by atoms with van der Waals surface area (Å²) in [5, 5.41) is 6.99. The Morgan fingerprint density at radius 2 is 1.83 bits per heavy atom. The van der Waals surface area contributed by atoms with Crippen LogP contribution in [0.1, 0.15) is 27.2 Å². The Morgan fingerprint density at radius 3 is 2.48 bits per heavy atom. The van der Waals surface area contributed by atoms with Crippen LogP contribution in [0.25, 0.3) is 11.3 Å². The van der Waals surface area contributed by atoms with E-state index in [-0.39, 0.29) is 5.91 Å². The minimum absolute atomic E-state index is 0.236. The number of benzene rings is 1. The third-order valence-electron chi connectivity index (χ3n) is 3.74. The lowest BCUT2D eigenvalue weighted by Gasteiger charge is -2.11. The molecule has 1 aromatic carbocycles. The van der Waals surface area contributed by atoms with Gasteiger partial charge in [0.25, 0.3) is 5.91 Å². The number of aryl methyl sites for hydroxylation is 3. The van der Waals surface area contributed by atoms with Crippen LogP contribution in [-0.4, -0.2) is 16.0 Å². The van der Waals surface area contributed by atoms with Gasteiger partial charge in [0.1, 0.15) is 17.0 Å². The van der Waals surface area contributed by atoms with Crippen LogP contribution in [0.3, 0.4) is 0 Å². The number of rotatable bonds is 3. The Hall–Kier alpha value is -2.95. The zero-order valence-electron chi connectivity index (χ0n) is 13.3. The largest absolute Gasteiger partial charge is 0.360 e. The van der Waals surface area contributed by atoms with Gasteiger partial charge in [-0.3, -0.25) is 9.78 Å². The molecule has 1 amide bonds. The number of amides is 1. The lowest BCUT2D eigenvalue weighted by molar-refractivity contribution is 0.102. The van der Waals surface area contributed by atoms with E-state index in [4.69, 9.17) is 4.52 Å². The number of pyridine rings is 1. The van der Waals surface area contributed by atoms with Gasteiger partial charge < -0.3 is 9.84 Å². The summed E-state index contributed by atoms with van der Waals surface area (Å²) >= 11 is 0. The van der Waals surface area contributed by atoms with Crippen molar-refractivity contribution in [3.8, 4) is 11.3 Å². The predicted octanol–water partition coefficient (Wildman–Crippen LogP) is 3.91. The molecule has 0 fully saturated rings. The molecule has 116 valence electrons. The van der Waals surface area contributed by atoms with Crippen molar-refractivity contribution in [2.45, 2.75) is 20.8 Å². The van der Waals surface area contributed by atoms with Crippen molar-refractivity contribution in [3.63, 3.8) is 0 Å². The first-order valence-electron chi connectivity index (χ1n) is 7.32. The molecule has 2 heterocycles. The SMILES string of the molecule is Cc1cccc(C)c1NC(=O)c1c(-c2cccnc2)noc1C. The molecule has 0 radical (unpaired) electrons. The van der Waals surface area contributed by atoms with Gasteiger partial charge in [0, 0.05) is 23.6 Å². The minimum atomic E-state index is -0.236. The monoisotopic (exact) mass is 307 g/mol. The normalized spacial score (nSPS) is 10.6. The van der Waals surface area contributed by atoms with Crippen LogP contribution in [0.2, 0.25) is 0 Å². The molecule has 0 saturated carbocycles. The Balaban J connectivity index is 1.99. The average Bonchev–Trinajstić information content (AvgIpc) is 2.93. The smallest absolute Gasteiger partial charge is 0.261 e. The zero-order chi connectivity index (χ0) is 16.4. The van der Waals surface area contributed by atoms with Crippen molar-refractivity contribution in [2.24, 2.45) is 0 Å². The highest BCUT2D eigenvalue weighted by atomic mass is 16.5. The van der Waals surface area contributed by atoms with Crippen LogP contribution in [0, 0.1) is 20.8 Å². The van der Waals surface area contributed by atoms with E-state index in [0.29, 0.717) is 17.0 Å². The fourth-order valence-corrected chi connectivity index (χ4v) is 2.53. The molecule has 3 aromatic rings. The topological polar surface area (TPSA) is 68.0 Å². The second-order valence-electron chi connectivity index (χ2n) is 5.43. The molecule has 0 bridgehead atoms. The van der Waals surface area contributed by atoms with Gasteiger partial charge in [-0.15, -0.1) is 0 Å². The molecule has 0 spiro atoms. The second-order valence-corrected chi connectivity index (χ2v) is 5.43. The van der Waals surface area contributed by atoms with Gasteiger partial charge in [0.15, 0.2) is 0 Å². The number of aromatic nitrogens is 2. The van der Waals surface area contributed by atoms with Gasteiger partial charge in [-0.1, -0.05) is 23.4 Å². The van der Waals surface area contributed by atoms with Crippen LogP contribution in [0.4, 0.5) is 5.69 Å². The number of hydrogen-bond donors (Lipinski definition) is 1. The summed E-state index contributed by atoms with van der Waals surface area (Å²) in [7, 11) is 0. The maximum absolute atomic E-state index is 12.8. The van der Waals surface area contributed by atoms with E-state index in [1.54, 1.807) is 25.4 Å². The predicted molar refractivity (Wildman–Crippen MR) is 88.3 cm³/mol. The van der Waals surface area contributed by atoms with Crippen LogP contribution < -0.4 is 5.32 Å². The van der Waals surface area contributed by atoms with Crippen LogP contribution in [0.5, 0.6) is 0 Å². The minimum Gasteiger partial charge on any atom is -0.360 e. The van der Waals surface area contributed by atoms with E-state index in [9.17, 15) is 4.79 Å². The molecule has 0 unspecified atom stereocenters. The number of anilines is 1. The van der Waals surface area contributed by atoms with Crippen LogP contribution in [-0.2, 0) is 0 Å². The summed E-state index contributed by atoms with van der Waals surface area (Å²) in [5.41, 5.74) is 4.51. The van der Waals surface area contributed by atoms with E-state index in [1.165, 1.54) is 0 Å². The summed E-state index contributed by atoms with van der Waals surface area (Å²) in [6.07, 6.45) is 3.33. The molecule has 3 rings (SSSR count). The molecule has 0 aliphatic rings. The van der Waals surface area contributed by atoms with Gasteiger partial charge in [0.2, 0.25) is 0 Å². The van der Waals surface area contributed by atoms with Crippen molar-refractivity contribution >= 4 is 11.6 Å². The van der Waals surface area contributed by atoms with Gasteiger partial charge in [-0.25, -0.2) is 0 Å². The number of carbonyl (C=O) groups is 1. The van der Waals surface area contributed by atoms with Gasteiger partial charge in [-0.2, -0.15) is 0 Å². The molecule has 1 N–H and O–H groups in total. The van der Waals surface area contributed by atoms with Gasteiger partial charge in [-0.05, 0) is 44.0 Å². The van der Waals surface area contributed by atoms with E-state index in [0.717, 1.165) is 22.4 Å². The van der Waals surface area contributed by atoms with Crippen molar-refractivity contribution in [3.05, 3.63) is 65.2 Å². The summed E-state index contributed by atoms with van der Waals surface area (Å²) in [6, 6.07) is 9.54. The third-order valence-corrected chi connectivity index (χ3v) is 3.74. The number of carbonyl (C=O) groups excluding carboxylic acids is 1. The lowest BCUT2D eigenvalue weighted by atomic mass is 10.1. The maximum atomic E-state index is 12.8. The van der Waals surface area contributed by atoms with E-state index in [2.05, 4.69) is 15.5 Å². The highest BCUT2D eigenvalue weighted by Crippen LogP contribution is 2.27. The molecule has 23 heavy (non-hydrogen) atoms. The van der Waals surface area contributed by atoms with E-state index in [1.807, 2.05) is 38.1 Å². The van der Waals surface area contributed by atoms with Crippen LogP contribution >= 0.6 is 0 Å². The number of nitrogens with zero attached hydrogens (tertiary/aromatic N) is 2. The summed E-state index contributed by atoms with van der Waals surface area (Å²) in [6.45, 7) is 5.66. The van der Waals surface area contributed by atoms with Crippen molar-refractivity contribution < 1.29 is 9.32 Å². The van der Waals surface area contributed by atoms with Gasteiger partial charge >= 0.3 is 0 Å². The second kappa shape index (κ2) is 6.04. The quantitative estimate of drug-likeness (QED) is 0.796. The maximum Gasteiger partial charge on any atom is 0.261 e. The van der Waals surface area contributed by atoms with Crippen molar-refractivity contribution in [1.29, 1.82) is 0 Å². The highest BCUT2D eigenvalue weighted by molar-refractivity contribution is 6.09. The molecule has 0 atom stereocenters. The molecular weight excluding hydrogens is 290 g/mol. The summed E-state index contributed by atoms with van der Waals surface area (Å²) in [5.74, 6) is 0.243. The molecule has 5 heteroatoms. The zero-order valence-corrected chi connectivity index (χ0v) is 13.3. The Morgan fingerprint density at radius 1 is 1.09 bits per heavy atom. The fraction of sp³-hybridized carbons (Fsp3) is 0.167. The number of para-hydroxylation sites is 1. The Bertz CT molecular complexity index is 834. The van der Waals surface area contributed by atoms with Crippen molar-refractivity contribution in [2.75, 3.05) is 5.32 Å². The first kappa shape index (κ1) is 15.0.